The number of nitrogens with one attached hydrogen (secondary N) is 1. The van der Waals surface area contributed by atoms with Crippen LogP contribution in [0.25, 0.3) is 0 Å². The molecule has 106 valence electrons. The molecule has 1 aromatic rings. The summed E-state index contributed by atoms with van der Waals surface area (Å²) < 4.78 is 5.17. The Bertz CT molecular complexity index is 418. The first-order chi connectivity index (χ1) is 8.93. The molecule has 4 heteroatoms. The van der Waals surface area contributed by atoms with Gasteiger partial charge in [0, 0.05) is 11.8 Å². The smallest absolute Gasteiger partial charge is 0.240 e. The third-order valence-corrected chi connectivity index (χ3v) is 3.11. The summed E-state index contributed by atoms with van der Waals surface area (Å²) in [7, 11) is 1.62. The second-order valence-electron chi connectivity index (χ2n) is 5.36. The lowest BCUT2D eigenvalue weighted by molar-refractivity contribution is -0.119. The molecule has 0 bridgehead atoms. The van der Waals surface area contributed by atoms with Crippen LogP contribution in [0.4, 0.5) is 5.69 Å². The van der Waals surface area contributed by atoms with Gasteiger partial charge in [0.1, 0.15) is 11.8 Å². The quantitative estimate of drug-likeness (QED) is 0.795. The van der Waals surface area contributed by atoms with Crippen molar-refractivity contribution < 1.29 is 9.53 Å². The van der Waals surface area contributed by atoms with E-state index in [1.54, 1.807) is 7.11 Å². The van der Waals surface area contributed by atoms with Crippen molar-refractivity contribution in [3.05, 3.63) is 24.3 Å². The third kappa shape index (κ3) is 4.81. The second kappa shape index (κ2) is 7.02. The number of carbonyl (C=O) groups excluding carboxylic acids is 1. The molecule has 0 aliphatic heterocycles. The van der Waals surface area contributed by atoms with Crippen LogP contribution in [0, 0.1) is 11.8 Å². The molecule has 1 amide bonds. The molecule has 3 N–H and O–H groups in total. The van der Waals surface area contributed by atoms with E-state index in [1.807, 2.05) is 31.2 Å². The van der Waals surface area contributed by atoms with Gasteiger partial charge in [-0.15, -0.1) is 0 Å². The van der Waals surface area contributed by atoms with E-state index >= 15 is 0 Å². The number of amides is 1. The Morgan fingerprint density at radius 3 is 2.58 bits per heavy atom. The highest BCUT2D eigenvalue weighted by atomic mass is 16.5. The Morgan fingerprint density at radius 2 is 2.05 bits per heavy atom. The summed E-state index contributed by atoms with van der Waals surface area (Å²) in [6, 6.07) is 7.14. The van der Waals surface area contributed by atoms with Crippen molar-refractivity contribution in [2.24, 2.45) is 17.6 Å². The maximum Gasteiger partial charge on any atom is 0.240 e. The van der Waals surface area contributed by atoms with Crippen LogP contribution >= 0.6 is 0 Å². The summed E-state index contributed by atoms with van der Waals surface area (Å²) in [5, 5.41) is 3.20. The maximum absolute atomic E-state index is 11.6. The average Bonchev–Trinajstić information content (AvgIpc) is 2.34. The van der Waals surface area contributed by atoms with E-state index in [0.717, 1.165) is 17.9 Å². The van der Waals surface area contributed by atoms with E-state index < -0.39 is 0 Å². The first-order valence-electron chi connectivity index (χ1n) is 6.64. The molecule has 4 nitrogen and oxygen atoms in total. The van der Waals surface area contributed by atoms with Crippen LogP contribution in [0.5, 0.6) is 5.75 Å². The SMILES string of the molecule is COc1cccc(NC(C(N)=O)C(C)CC(C)C)c1. The van der Waals surface area contributed by atoms with Gasteiger partial charge in [-0.1, -0.05) is 26.8 Å². The van der Waals surface area contributed by atoms with Crippen LogP contribution < -0.4 is 15.8 Å². The lowest BCUT2D eigenvalue weighted by Gasteiger charge is -2.24. The van der Waals surface area contributed by atoms with Crippen molar-refractivity contribution in [3.63, 3.8) is 0 Å². The molecule has 0 aliphatic carbocycles. The topological polar surface area (TPSA) is 64.3 Å². The van der Waals surface area contributed by atoms with Gasteiger partial charge in [-0.25, -0.2) is 0 Å². The van der Waals surface area contributed by atoms with Crippen LogP contribution in [0.15, 0.2) is 24.3 Å². The maximum atomic E-state index is 11.6. The fourth-order valence-electron chi connectivity index (χ4n) is 2.27. The largest absolute Gasteiger partial charge is 0.497 e. The lowest BCUT2D eigenvalue weighted by Crippen LogP contribution is -2.41. The molecule has 0 saturated carbocycles. The summed E-state index contributed by atoms with van der Waals surface area (Å²) in [6.45, 7) is 6.32. The molecule has 0 spiro atoms. The van der Waals surface area contributed by atoms with Crippen molar-refractivity contribution in [1.29, 1.82) is 0 Å². The van der Waals surface area contributed by atoms with Gasteiger partial charge >= 0.3 is 0 Å². The molecule has 19 heavy (non-hydrogen) atoms. The fourth-order valence-corrected chi connectivity index (χ4v) is 2.27. The van der Waals surface area contributed by atoms with E-state index in [9.17, 15) is 4.79 Å². The van der Waals surface area contributed by atoms with Crippen LogP contribution in [-0.2, 0) is 4.79 Å². The van der Waals surface area contributed by atoms with E-state index in [-0.39, 0.29) is 17.9 Å². The highest BCUT2D eigenvalue weighted by Crippen LogP contribution is 2.22. The molecular formula is C15H24N2O2. The number of anilines is 1. The van der Waals surface area contributed by atoms with Crippen molar-refractivity contribution in [1.82, 2.24) is 0 Å². The van der Waals surface area contributed by atoms with Gasteiger partial charge in [0.05, 0.1) is 7.11 Å². The number of nitrogens with two attached hydrogens (primary N) is 1. The zero-order valence-corrected chi connectivity index (χ0v) is 12.1. The molecular weight excluding hydrogens is 240 g/mol. The number of primary amides is 1. The number of ether oxygens (including phenoxy) is 1. The summed E-state index contributed by atoms with van der Waals surface area (Å²) in [5.41, 5.74) is 6.35. The molecule has 0 aromatic heterocycles. The summed E-state index contributed by atoms with van der Waals surface area (Å²) in [4.78, 5) is 11.6. The highest BCUT2D eigenvalue weighted by molar-refractivity contribution is 5.83. The Kier molecular flexibility index (Phi) is 5.67. The normalized spacial score (nSPS) is 13.9. The molecule has 2 unspecified atom stereocenters. The van der Waals surface area contributed by atoms with Crippen LogP contribution in [0.3, 0.4) is 0 Å². The van der Waals surface area contributed by atoms with Crippen molar-refractivity contribution in [3.8, 4) is 5.75 Å². The minimum atomic E-state index is -0.366. The number of carbonyl (C=O) groups is 1. The zero-order chi connectivity index (χ0) is 14.4. The highest BCUT2D eigenvalue weighted by Gasteiger charge is 2.23. The molecule has 1 aromatic carbocycles. The Labute approximate surface area is 115 Å². The van der Waals surface area contributed by atoms with E-state index in [4.69, 9.17) is 10.5 Å². The van der Waals surface area contributed by atoms with Gasteiger partial charge in [-0.2, -0.15) is 0 Å². The van der Waals surface area contributed by atoms with Crippen LogP contribution in [-0.4, -0.2) is 19.1 Å². The van der Waals surface area contributed by atoms with Gasteiger partial charge in [-0.3, -0.25) is 4.79 Å². The van der Waals surface area contributed by atoms with E-state index in [0.29, 0.717) is 5.92 Å². The van der Waals surface area contributed by atoms with Gasteiger partial charge in [0.2, 0.25) is 5.91 Å². The van der Waals surface area contributed by atoms with Crippen molar-refractivity contribution in [2.75, 3.05) is 12.4 Å². The van der Waals surface area contributed by atoms with Crippen molar-refractivity contribution in [2.45, 2.75) is 33.2 Å². The summed E-state index contributed by atoms with van der Waals surface area (Å²) in [5.74, 6) is 1.15. The lowest BCUT2D eigenvalue weighted by atomic mass is 9.91. The van der Waals surface area contributed by atoms with Crippen LogP contribution in [0.2, 0.25) is 0 Å². The van der Waals surface area contributed by atoms with Gasteiger partial charge in [-0.05, 0) is 30.4 Å². The monoisotopic (exact) mass is 264 g/mol. The third-order valence-electron chi connectivity index (χ3n) is 3.11. The van der Waals surface area contributed by atoms with Crippen LogP contribution in [0.1, 0.15) is 27.2 Å². The number of methoxy groups -OCH3 is 1. The predicted octanol–water partition coefficient (Wildman–Crippen LogP) is 2.64. The van der Waals surface area contributed by atoms with E-state index in [2.05, 4.69) is 19.2 Å². The first kappa shape index (κ1) is 15.3. The fraction of sp³-hybridized carbons (Fsp3) is 0.533. The predicted molar refractivity (Wildman–Crippen MR) is 78.2 cm³/mol. The number of hydrogen-bond acceptors (Lipinski definition) is 3. The first-order valence-corrected chi connectivity index (χ1v) is 6.64. The number of rotatable bonds is 7. The minimum absolute atomic E-state index is 0.184. The Balaban J connectivity index is 2.80. The van der Waals surface area contributed by atoms with Crippen molar-refractivity contribution >= 4 is 11.6 Å². The summed E-state index contributed by atoms with van der Waals surface area (Å²) >= 11 is 0. The molecule has 0 fully saturated rings. The van der Waals surface area contributed by atoms with Gasteiger partial charge in [0.15, 0.2) is 0 Å². The summed E-state index contributed by atoms with van der Waals surface area (Å²) in [6.07, 6.45) is 0.949. The second-order valence-corrected chi connectivity index (χ2v) is 5.36. The number of hydrogen-bond donors (Lipinski definition) is 2. The molecule has 2 atom stereocenters. The molecule has 0 aliphatic rings. The Hall–Kier alpha value is -1.71. The van der Waals surface area contributed by atoms with Gasteiger partial charge in [0.25, 0.3) is 0 Å². The van der Waals surface area contributed by atoms with E-state index in [1.165, 1.54) is 0 Å². The molecule has 0 heterocycles. The average molecular weight is 264 g/mol. The Morgan fingerprint density at radius 1 is 1.37 bits per heavy atom. The molecule has 1 rings (SSSR count). The zero-order valence-electron chi connectivity index (χ0n) is 12.1. The number of benzene rings is 1. The standard InChI is InChI=1S/C15H24N2O2/c1-10(2)8-11(3)14(15(16)18)17-12-6-5-7-13(9-12)19-4/h5-7,9-11,14,17H,8H2,1-4H3,(H2,16,18). The molecule has 0 saturated heterocycles. The molecule has 0 radical (unpaired) electrons. The van der Waals surface area contributed by atoms with Gasteiger partial charge < -0.3 is 15.8 Å². The minimum Gasteiger partial charge on any atom is -0.497 e.